The number of anilines is 1. The van der Waals surface area contributed by atoms with E-state index >= 15 is 0 Å². The minimum Gasteiger partial charge on any atom is -0.274 e. The Balaban J connectivity index is 2.45. The van der Waals surface area contributed by atoms with Crippen LogP contribution in [0.4, 0.5) is 5.69 Å². The minimum absolute atomic E-state index is 0.101. The van der Waals surface area contributed by atoms with Gasteiger partial charge in [0.2, 0.25) is 11.8 Å². The second-order valence-electron chi connectivity index (χ2n) is 4.10. The van der Waals surface area contributed by atoms with Gasteiger partial charge < -0.3 is 0 Å². The third-order valence-corrected chi connectivity index (χ3v) is 3.27. The second kappa shape index (κ2) is 4.01. The third-order valence-electron chi connectivity index (χ3n) is 2.77. The first-order valence-corrected chi connectivity index (χ1v) is 5.93. The molecule has 1 saturated heterocycles. The molecule has 16 heavy (non-hydrogen) atoms. The average Bonchev–Trinajstić information content (AvgIpc) is 2.43. The number of carbonyl (C=O) groups excluding carboxylic acids is 2. The van der Waals surface area contributed by atoms with E-state index in [1.54, 1.807) is 13.0 Å². The van der Waals surface area contributed by atoms with Crippen molar-refractivity contribution in [2.24, 2.45) is 5.92 Å². The molecule has 1 fully saturated rings. The minimum atomic E-state index is -0.199. The Morgan fingerprint density at radius 2 is 2.06 bits per heavy atom. The number of aryl methyl sites for hydroxylation is 1. The molecule has 1 aliphatic rings. The van der Waals surface area contributed by atoms with E-state index in [1.165, 1.54) is 4.90 Å². The van der Waals surface area contributed by atoms with Crippen molar-refractivity contribution >= 4 is 33.4 Å². The van der Waals surface area contributed by atoms with Crippen LogP contribution in [0.2, 0.25) is 0 Å². The fourth-order valence-corrected chi connectivity index (χ4v) is 2.38. The molecule has 0 aliphatic carbocycles. The van der Waals surface area contributed by atoms with Crippen LogP contribution in [0.15, 0.2) is 22.7 Å². The number of rotatable bonds is 1. The quantitative estimate of drug-likeness (QED) is 0.743. The molecule has 0 radical (unpaired) electrons. The van der Waals surface area contributed by atoms with E-state index in [-0.39, 0.29) is 17.7 Å². The summed E-state index contributed by atoms with van der Waals surface area (Å²) >= 11 is 3.36. The van der Waals surface area contributed by atoms with Crippen LogP contribution in [-0.2, 0) is 9.59 Å². The molecule has 2 rings (SSSR count). The van der Waals surface area contributed by atoms with E-state index in [2.05, 4.69) is 15.9 Å². The van der Waals surface area contributed by atoms with Crippen LogP contribution < -0.4 is 4.90 Å². The summed E-state index contributed by atoms with van der Waals surface area (Å²) in [6.45, 7) is 3.68. The summed E-state index contributed by atoms with van der Waals surface area (Å²) in [6, 6.07) is 5.54. The lowest BCUT2D eigenvalue weighted by Gasteiger charge is -2.17. The van der Waals surface area contributed by atoms with Crippen molar-refractivity contribution in [3.63, 3.8) is 0 Å². The SMILES string of the molecule is Cc1cc(Br)ccc1N1C(=O)CC(C)C1=O. The molecule has 84 valence electrons. The van der Waals surface area contributed by atoms with Crippen LogP contribution >= 0.6 is 15.9 Å². The van der Waals surface area contributed by atoms with Crippen LogP contribution in [0, 0.1) is 12.8 Å². The summed E-state index contributed by atoms with van der Waals surface area (Å²) in [7, 11) is 0. The van der Waals surface area contributed by atoms with Crippen molar-refractivity contribution in [2.75, 3.05) is 4.90 Å². The van der Waals surface area contributed by atoms with Gasteiger partial charge in [-0.1, -0.05) is 22.9 Å². The molecule has 4 heteroatoms. The van der Waals surface area contributed by atoms with E-state index in [4.69, 9.17) is 0 Å². The molecular weight excluding hydrogens is 270 g/mol. The summed E-state index contributed by atoms with van der Waals surface area (Å²) in [5, 5.41) is 0. The molecule has 1 aliphatic heterocycles. The summed E-state index contributed by atoms with van der Waals surface area (Å²) in [5.41, 5.74) is 1.62. The maximum atomic E-state index is 11.8. The normalized spacial score (nSPS) is 20.7. The fraction of sp³-hybridized carbons (Fsp3) is 0.333. The monoisotopic (exact) mass is 281 g/mol. The maximum Gasteiger partial charge on any atom is 0.237 e. The highest BCUT2D eigenvalue weighted by molar-refractivity contribution is 9.10. The zero-order chi connectivity index (χ0) is 11.9. The maximum absolute atomic E-state index is 11.8. The van der Waals surface area contributed by atoms with E-state index in [1.807, 2.05) is 19.1 Å². The number of imide groups is 1. The molecule has 3 nitrogen and oxygen atoms in total. The van der Waals surface area contributed by atoms with Crippen molar-refractivity contribution in [3.8, 4) is 0 Å². The Morgan fingerprint density at radius 1 is 1.38 bits per heavy atom. The first-order valence-electron chi connectivity index (χ1n) is 5.13. The topological polar surface area (TPSA) is 37.4 Å². The molecule has 1 aromatic carbocycles. The van der Waals surface area contributed by atoms with Crippen LogP contribution in [0.3, 0.4) is 0 Å². The predicted octanol–water partition coefficient (Wildman–Crippen LogP) is 2.66. The highest BCUT2D eigenvalue weighted by Gasteiger charge is 2.37. The zero-order valence-electron chi connectivity index (χ0n) is 9.16. The molecule has 0 aromatic heterocycles. The fourth-order valence-electron chi connectivity index (χ4n) is 1.91. The standard InChI is InChI=1S/C12H12BrNO2/c1-7-5-9(13)3-4-10(7)14-11(15)6-8(2)12(14)16/h3-5,8H,6H2,1-2H3. The number of hydrogen-bond acceptors (Lipinski definition) is 2. The van der Waals surface area contributed by atoms with Crippen molar-refractivity contribution in [3.05, 3.63) is 28.2 Å². The lowest BCUT2D eigenvalue weighted by molar-refractivity contribution is -0.122. The Morgan fingerprint density at radius 3 is 2.56 bits per heavy atom. The lowest BCUT2D eigenvalue weighted by Crippen LogP contribution is -2.30. The number of halogens is 1. The first-order chi connectivity index (χ1) is 7.50. The van der Waals surface area contributed by atoms with Gasteiger partial charge in [-0.05, 0) is 30.7 Å². The Kier molecular flexibility index (Phi) is 2.84. The van der Waals surface area contributed by atoms with Gasteiger partial charge >= 0.3 is 0 Å². The van der Waals surface area contributed by atoms with Gasteiger partial charge in [0.25, 0.3) is 0 Å². The largest absolute Gasteiger partial charge is 0.274 e. The second-order valence-corrected chi connectivity index (χ2v) is 5.02. The van der Waals surface area contributed by atoms with Gasteiger partial charge in [0.15, 0.2) is 0 Å². The van der Waals surface area contributed by atoms with Crippen molar-refractivity contribution in [1.82, 2.24) is 0 Å². The van der Waals surface area contributed by atoms with Crippen LogP contribution in [0.5, 0.6) is 0 Å². The Bertz CT molecular complexity index is 470. The van der Waals surface area contributed by atoms with E-state index in [9.17, 15) is 9.59 Å². The molecule has 2 amide bonds. The van der Waals surface area contributed by atoms with Crippen LogP contribution in [0.25, 0.3) is 0 Å². The summed E-state index contributed by atoms with van der Waals surface area (Å²) in [4.78, 5) is 24.9. The molecule has 1 unspecified atom stereocenters. The van der Waals surface area contributed by atoms with Gasteiger partial charge in [0.05, 0.1) is 5.69 Å². The zero-order valence-corrected chi connectivity index (χ0v) is 10.7. The molecule has 0 spiro atoms. The van der Waals surface area contributed by atoms with Crippen molar-refractivity contribution in [2.45, 2.75) is 20.3 Å². The van der Waals surface area contributed by atoms with Gasteiger partial charge in [0.1, 0.15) is 0 Å². The van der Waals surface area contributed by atoms with Gasteiger partial charge in [-0.25, -0.2) is 0 Å². The molecule has 1 atom stereocenters. The summed E-state index contributed by atoms with van der Waals surface area (Å²) in [6.07, 6.45) is 0.314. The molecule has 0 N–H and O–H groups in total. The van der Waals surface area contributed by atoms with E-state index in [0.717, 1.165) is 10.0 Å². The number of nitrogens with zero attached hydrogens (tertiary/aromatic N) is 1. The van der Waals surface area contributed by atoms with Crippen molar-refractivity contribution in [1.29, 1.82) is 0 Å². The lowest BCUT2D eigenvalue weighted by atomic mass is 10.1. The Hall–Kier alpha value is -1.16. The third kappa shape index (κ3) is 1.78. The van der Waals surface area contributed by atoms with Gasteiger partial charge in [-0.15, -0.1) is 0 Å². The number of benzene rings is 1. The van der Waals surface area contributed by atoms with Gasteiger partial charge in [-0.2, -0.15) is 0 Å². The van der Waals surface area contributed by atoms with Gasteiger partial charge in [-0.3, -0.25) is 14.5 Å². The molecule has 1 heterocycles. The Labute approximate surface area is 103 Å². The first kappa shape index (κ1) is 11.3. The number of amides is 2. The highest BCUT2D eigenvalue weighted by atomic mass is 79.9. The van der Waals surface area contributed by atoms with Crippen LogP contribution in [-0.4, -0.2) is 11.8 Å². The highest BCUT2D eigenvalue weighted by Crippen LogP contribution is 2.30. The molecular formula is C12H12BrNO2. The predicted molar refractivity (Wildman–Crippen MR) is 65.2 cm³/mol. The summed E-state index contributed by atoms with van der Waals surface area (Å²) < 4.78 is 0.945. The van der Waals surface area contributed by atoms with E-state index in [0.29, 0.717) is 12.1 Å². The smallest absolute Gasteiger partial charge is 0.237 e. The molecule has 1 aromatic rings. The van der Waals surface area contributed by atoms with Crippen molar-refractivity contribution < 1.29 is 9.59 Å². The van der Waals surface area contributed by atoms with E-state index < -0.39 is 0 Å². The number of carbonyl (C=O) groups is 2. The molecule has 0 saturated carbocycles. The van der Waals surface area contributed by atoms with Crippen LogP contribution in [0.1, 0.15) is 18.9 Å². The van der Waals surface area contributed by atoms with Gasteiger partial charge in [0, 0.05) is 16.8 Å². The average molecular weight is 282 g/mol. The number of hydrogen-bond donors (Lipinski definition) is 0. The molecule has 0 bridgehead atoms. The summed E-state index contributed by atoms with van der Waals surface area (Å²) in [5.74, 6) is -0.408.